The Hall–Kier alpha value is -0.580. The molecule has 1 fully saturated rings. The van der Waals surface area contributed by atoms with E-state index in [1.807, 2.05) is 18.4 Å². The van der Waals surface area contributed by atoms with Crippen molar-refractivity contribution in [1.29, 1.82) is 0 Å². The molecule has 1 atom stereocenters. The lowest BCUT2D eigenvalue weighted by Crippen LogP contribution is -2.40. The molecule has 1 saturated heterocycles. The average molecular weight is 331 g/mol. The summed E-state index contributed by atoms with van der Waals surface area (Å²) in [6.07, 6.45) is 7.61. The molecular weight excluding hydrogens is 304 g/mol. The van der Waals surface area contributed by atoms with Gasteiger partial charge in [0.05, 0.1) is 0 Å². The summed E-state index contributed by atoms with van der Waals surface area (Å²) in [6, 6.07) is 4.74. The summed E-state index contributed by atoms with van der Waals surface area (Å²) in [7, 11) is 1.96. The number of unbranched alkanes of at least 4 members (excludes halogenated alkanes) is 2. The van der Waals surface area contributed by atoms with Crippen molar-refractivity contribution >= 4 is 29.7 Å². The molecule has 0 bridgehead atoms. The molecule has 1 aromatic rings. The maximum absolute atomic E-state index is 12.2. The molecule has 1 unspecified atom stereocenters. The predicted molar refractivity (Wildman–Crippen MR) is 92.4 cm³/mol. The zero-order chi connectivity index (χ0) is 14.2. The zero-order valence-electron chi connectivity index (χ0n) is 12.8. The lowest BCUT2D eigenvalue weighted by molar-refractivity contribution is -0.132. The van der Waals surface area contributed by atoms with Gasteiger partial charge in [-0.15, -0.1) is 23.7 Å². The Bertz CT molecular complexity index is 397. The first-order valence-electron chi connectivity index (χ1n) is 7.77. The van der Waals surface area contributed by atoms with Crippen molar-refractivity contribution < 1.29 is 4.79 Å². The quantitative estimate of drug-likeness (QED) is 0.740. The van der Waals surface area contributed by atoms with Crippen LogP contribution >= 0.6 is 23.7 Å². The van der Waals surface area contributed by atoms with Gasteiger partial charge in [-0.05, 0) is 50.6 Å². The van der Waals surface area contributed by atoms with E-state index in [9.17, 15) is 4.79 Å². The molecule has 0 aliphatic carbocycles. The fraction of sp³-hybridized carbons (Fsp3) is 0.688. The number of halogens is 1. The van der Waals surface area contributed by atoms with Crippen molar-refractivity contribution in [2.75, 3.05) is 20.1 Å². The van der Waals surface area contributed by atoms with Gasteiger partial charge in [-0.1, -0.05) is 12.5 Å². The number of rotatable bonds is 8. The summed E-state index contributed by atoms with van der Waals surface area (Å²) in [5.74, 6) is 0.360. The van der Waals surface area contributed by atoms with Crippen LogP contribution in [0, 0.1) is 0 Å². The normalized spacial score (nSPS) is 17.8. The number of carbonyl (C=O) groups is 1. The molecule has 0 spiro atoms. The van der Waals surface area contributed by atoms with Gasteiger partial charge in [-0.2, -0.15) is 0 Å². The second kappa shape index (κ2) is 10.2. The SMILES string of the molecule is CNCC1CCCN1C(=O)CCCCCc1cccs1.Cl. The maximum Gasteiger partial charge on any atom is 0.222 e. The van der Waals surface area contributed by atoms with Crippen LogP contribution in [0.3, 0.4) is 0 Å². The highest BCUT2D eigenvalue weighted by Gasteiger charge is 2.27. The van der Waals surface area contributed by atoms with E-state index in [1.54, 1.807) is 0 Å². The van der Waals surface area contributed by atoms with Gasteiger partial charge in [0.25, 0.3) is 0 Å². The van der Waals surface area contributed by atoms with Crippen LogP contribution in [0.5, 0.6) is 0 Å². The largest absolute Gasteiger partial charge is 0.338 e. The Balaban J connectivity index is 0.00000220. The molecule has 2 rings (SSSR count). The summed E-state index contributed by atoms with van der Waals surface area (Å²) in [5.41, 5.74) is 0. The lowest BCUT2D eigenvalue weighted by atomic mass is 10.1. The molecule has 1 aromatic heterocycles. The molecule has 21 heavy (non-hydrogen) atoms. The van der Waals surface area contributed by atoms with Crippen LogP contribution < -0.4 is 5.32 Å². The smallest absolute Gasteiger partial charge is 0.222 e. The Labute approximate surface area is 138 Å². The predicted octanol–water partition coefficient (Wildman–Crippen LogP) is 3.48. The van der Waals surface area contributed by atoms with Gasteiger partial charge in [0.1, 0.15) is 0 Å². The number of thiophene rings is 1. The summed E-state index contributed by atoms with van der Waals surface area (Å²) in [6.45, 7) is 1.89. The van der Waals surface area contributed by atoms with Gasteiger partial charge >= 0.3 is 0 Å². The van der Waals surface area contributed by atoms with Crippen molar-refractivity contribution in [3.8, 4) is 0 Å². The molecule has 1 amide bonds. The van der Waals surface area contributed by atoms with Crippen LogP contribution in [0.1, 0.15) is 43.4 Å². The molecule has 5 heteroatoms. The van der Waals surface area contributed by atoms with Crippen molar-refractivity contribution in [1.82, 2.24) is 10.2 Å². The summed E-state index contributed by atoms with van der Waals surface area (Å²) < 4.78 is 0. The summed E-state index contributed by atoms with van der Waals surface area (Å²) in [5, 5.41) is 5.33. The molecule has 0 aromatic carbocycles. The van der Waals surface area contributed by atoms with Crippen LogP contribution in [-0.2, 0) is 11.2 Å². The number of likely N-dealkylation sites (N-methyl/N-ethyl adjacent to an activating group) is 1. The topological polar surface area (TPSA) is 32.3 Å². The second-order valence-corrected chi connectivity index (χ2v) is 6.61. The van der Waals surface area contributed by atoms with E-state index in [1.165, 1.54) is 11.3 Å². The first-order valence-corrected chi connectivity index (χ1v) is 8.65. The summed E-state index contributed by atoms with van der Waals surface area (Å²) in [4.78, 5) is 15.8. The molecule has 1 aliphatic rings. The highest BCUT2D eigenvalue weighted by molar-refractivity contribution is 7.09. The van der Waals surface area contributed by atoms with Gasteiger partial charge in [0.15, 0.2) is 0 Å². The van der Waals surface area contributed by atoms with Crippen LogP contribution in [0.2, 0.25) is 0 Å². The molecule has 3 nitrogen and oxygen atoms in total. The number of nitrogens with one attached hydrogen (secondary N) is 1. The van der Waals surface area contributed by atoms with E-state index >= 15 is 0 Å². The number of hydrogen-bond donors (Lipinski definition) is 1. The second-order valence-electron chi connectivity index (χ2n) is 5.58. The van der Waals surface area contributed by atoms with Gasteiger partial charge in [-0.3, -0.25) is 4.79 Å². The van der Waals surface area contributed by atoms with Crippen LogP contribution in [-0.4, -0.2) is 37.0 Å². The third-order valence-electron chi connectivity index (χ3n) is 4.03. The highest BCUT2D eigenvalue weighted by Crippen LogP contribution is 2.19. The highest BCUT2D eigenvalue weighted by atomic mass is 35.5. The van der Waals surface area contributed by atoms with E-state index in [0.29, 0.717) is 11.9 Å². The Kier molecular flexibility index (Phi) is 8.97. The van der Waals surface area contributed by atoms with E-state index < -0.39 is 0 Å². The number of hydrogen-bond acceptors (Lipinski definition) is 3. The number of nitrogens with zero attached hydrogens (tertiary/aromatic N) is 1. The van der Waals surface area contributed by atoms with Gasteiger partial charge < -0.3 is 10.2 Å². The Morgan fingerprint density at radius 3 is 3.00 bits per heavy atom. The van der Waals surface area contributed by atoms with E-state index in [4.69, 9.17) is 0 Å². The molecular formula is C16H27ClN2OS. The van der Waals surface area contributed by atoms with Gasteiger partial charge in [0, 0.05) is 30.4 Å². The fourth-order valence-electron chi connectivity index (χ4n) is 2.96. The third-order valence-corrected chi connectivity index (χ3v) is 4.97. The van der Waals surface area contributed by atoms with Crippen molar-refractivity contribution in [3.05, 3.63) is 22.4 Å². The monoisotopic (exact) mass is 330 g/mol. The van der Waals surface area contributed by atoms with E-state index in [2.05, 4.69) is 27.7 Å². The fourth-order valence-corrected chi connectivity index (χ4v) is 3.71. The third kappa shape index (κ3) is 5.97. The maximum atomic E-state index is 12.2. The molecule has 1 aliphatic heterocycles. The lowest BCUT2D eigenvalue weighted by Gasteiger charge is -2.24. The number of aryl methyl sites for hydroxylation is 1. The van der Waals surface area contributed by atoms with Crippen LogP contribution in [0.15, 0.2) is 17.5 Å². The molecule has 1 N–H and O–H groups in total. The first kappa shape index (κ1) is 18.5. The molecule has 120 valence electrons. The standard InChI is InChI=1S/C16H26N2OS.ClH/c1-17-13-14-7-5-11-18(14)16(19)10-4-2-3-8-15-9-6-12-20-15;/h6,9,12,14,17H,2-5,7-8,10-11,13H2,1H3;1H. The van der Waals surface area contributed by atoms with Gasteiger partial charge in [-0.25, -0.2) is 0 Å². The molecule has 0 saturated carbocycles. The minimum atomic E-state index is 0. The van der Waals surface area contributed by atoms with Crippen LogP contribution in [0.25, 0.3) is 0 Å². The average Bonchev–Trinajstić information content (AvgIpc) is 3.09. The minimum Gasteiger partial charge on any atom is -0.338 e. The zero-order valence-corrected chi connectivity index (χ0v) is 14.5. The van der Waals surface area contributed by atoms with Gasteiger partial charge in [0.2, 0.25) is 5.91 Å². The molecule has 2 heterocycles. The van der Waals surface area contributed by atoms with Crippen molar-refractivity contribution in [2.45, 2.75) is 51.0 Å². The summed E-state index contributed by atoms with van der Waals surface area (Å²) >= 11 is 1.83. The first-order chi connectivity index (χ1) is 9.81. The van der Waals surface area contributed by atoms with Crippen molar-refractivity contribution in [2.24, 2.45) is 0 Å². The van der Waals surface area contributed by atoms with Crippen molar-refractivity contribution in [3.63, 3.8) is 0 Å². The minimum absolute atomic E-state index is 0. The Morgan fingerprint density at radius 1 is 1.43 bits per heavy atom. The molecule has 0 radical (unpaired) electrons. The Morgan fingerprint density at radius 2 is 2.29 bits per heavy atom. The van der Waals surface area contributed by atoms with E-state index in [0.717, 1.165) is 51.6 Å². The number of likely N-dealkylation sites (tertiary alicyclic amines) is 1. The van der Waals surface area contributed by atoms with E-state index in [-0.39, 0.29) is 12.4 Å². The number of carbonyl (C=O) groups excluding carboxylic acids is 1. The number of amides is 1. The van der Waals surface area contributed by atoms with Crippen LogP contribution in [0.4, 0.5) is 0 Å².